The lowest BCUT2D eigenvalue weighted by atomic mass is 10.3. The maximum Gasteiger partial charge on any atom is 0.0803 e. The number of unbranched alkanes of at least 4 members (excludes halogenated alkanes) is 2. The van der Waals surface area contributed by atoms with E-state index in [0.717, 1.165) is 36.5 Å². The number of nitrogens with zero attached hydrogens (tertiary/aromatic N) is 1. The van der Waals surface area contributed by atoms with Crippen molar-refractivity contribution in [2.75, 3.05) is 40.8 Å². The summed E-state index contributed by atoms with van der Waals surface area (Å²) in [6.45, 7) is 11.7. The summed E-state index contributed by atoms with van der Waals surface area (Å²) in [5.74, 6) is 0.833. The number of halogens is 1. The molecule has 0 aliphatic heterocycles. The molecule has 0 spiro atoms. The highest BCUT2D eigenvalue weighted by Crippen LogP contribution is 1.94. The first-order valence-electron chi connectivity index (χ1n) is 7.44. The number of nitrogens with one attached hydrogen (secondary N) is 1. The van der Waals surface area contributed by atoms with Gasteiger partial charge in [0.2, 0.25) is 0 Å². The van der Waals surface area contributed by atoms with E-state index in [-0.39, 0.29) is 12.4 Å². The Labute approximate surface area is 128 Å². The van der Waals surface area contributed by atoms with Gasteiger partial charge in [-0.3, -0.25) is 0 Å². The van der Waals surface area contributed by atoms with Crippen LogP contribution < -0.4 is 17.9 Å². The Morgan fingerprint density at radius 2 is 1.53 bits per heavy atom. The van der Waals surface area contributed by atoms with E-state index in [0.29, 0.717) is 0 Å². The lowest BCUT2D eigenvalue weighted by Crippen LogP contribution is -3.00. The molecule has 0 saturated carbocycles. The van der Waals surface area contributed by atoms with Crippen LogP contribution in [0.2, 0.25) is 0 Å². The minimum atomic E-state index is 0. The van der Waals surface area contributed by atoms with Crippen LogP contribution in [0.15, 0.2) is 0 Å². The summed E-state index contributed by atoms with van der Waals surface area (Å²) in [6.07, 6.45) is 4.88. The average Bonchev–Trinajstić information content (AvgIpc) is 2.19. The molecule has 0 saturated heterocycles. The molecule has 3 nitrogen and oxygen atoms in total. The molecule has 0 aliphatic rings. The van der Waals surface area contributed by atoms with Crippen molar-refractivity contribution in [2.45, 2.75) is 53.4 Å². The molecule has 19 heavy (non-hydrogen) atoms. The van der Waals surface area contributed by atoms with Gasteiger partial charge < -0.3 is 21.7 Å². The Bertz CT molecular complexity index is 156. The van der Waals surface area contributed by atoms with E-state index >= 15 is 0 Å². The van der Waals surface area contributed by atoms with E-state index in [4.69, 9.17) is 4.84 Å². The van der Waals surface area contributed by atoms with Crippen molar-refractivity contribution in [3.8, 4) is 0 Å². The predicted molar refractivity (Wildman–Crippen MR) is 81.5 cm³/mol. The Balaban J connectivity index is -0.000000448. The Kier molecular flexibility index (Phi) is 20.7. The molecule has 4 heteroatoms. The van der Waals surface area contributed by atoms with Crippen molar-refractivity contribution < 1.29 is 21.7 Å². The summed E-state index contributed by atoms with van der Waals surface area (Å²) in [5, 5.41) is 0. The van der Waals surface area contributed by atoms with Gasteiger partial charge in [0, 0.05) is 13.0 Å². The first-order valence-corrected chi connectivity index (χ1v) is 7.44. The smallest absolute Gasteiger partial charge is 0.0803 e. The van der Waals surface area contributed by atoms with Gasteiger partial charge in [-0.1, -0.05) is 40.5 Å². The second-order valence-corrected chi connectivity index (χ2v) is 6.55. The minimum Gasteiger partial charge on any atom is -1.00 e. The molecule has 0 heterocycles. The molecule has 0 amide bonds. The summed E-state index contributed by atoms with van der Waals surface area (Å²) in [5.41, 5.74) is 3.00. The molecule has 1 N–H and O–H groups in total. The molecular weight excluding hydrogens is 260 g/mol. The fourth-order valence-electron chi connectivity index (χ4n) is 1.20. The summed E-state index contributed by atoms with van der Waals surface area (Å²) in [4.78, 5) is 5.32. The van der Waals surface area contributed by atoms with Gasteiger partial charge in [-0.15, -0.1) is 0 Å². The quantitative estimate of drug-likeness (QED) is 0.379. The van der Waals surface area contributed by atoms with Crippen LogP contribution in [0.25, 0.3) is 0 Å². The molecule has 0 aromatic rings. The summed E-state index contributed by atoms with van der Waals surface area (Å²) in [7, 11) is 6.61. The standard InChI is InChI=1S/C11H27N2O.C4H10.ClH/c1-5-6-7-9-12-14-11-8-10-13(2,3)4;1-4(2)3;/h12H,5-11H2,1-4H3;4H,1-3H3;1H/q+1;;/p-1. The van der Waals surface area contributed by atoms with Gasteiger partial charge in [0.05, 0.1) is 34.3 Å². The normalized spacial score (nSPS) is 10.7. The van der Waals surface area contributed by atoms with E-state index in [9.17, 15) is 0 Å². The molecule has 0 fully saturated rings. The highest BCUT2D eigenvalue weighted by molar-refractivity contribution is 4.38. The zero-order chi connectivity index (χ0) is 14.4. The van der Waals surface area contributed by atoms with Crippen molar-refractivity contribution in [2.24, 2.45) is 5.92 Å². The first kappa shape index (κ1) is 24.2. The van der Waals surface area contributed by atoms with E-state index in [1.165, 1.54) is 19.3 Å². The van der Waals surface area contributed by atoms with Gasteiger partial charge >= 0.3 is 0 Å². The van der Waals surface area contributed by atoms with Crippen LogP contribution >= 0.6 is 0 Å². The first-order chi connectivity index (χ1) is 8.29. The van der Waals surface area contributed by atoms with Crippen LogP contribution in [-0.4, -0.2) is 45.3 Å². The monoisotopic (exact) mass is 296 g/mol. The lowest BCUT2D eigenvalue weighted by Gasteiger charge is -2.23. The third-order valence-corrected chi connectivity index (χ3v) is 2.06. The number of hydrogen-bond acceptors (Lipinski definition) is 2. The largest absolute Gasteiger partial charge is 1.00 e. The Morgan fingerprint density at radius 1 is 1.00 bits per heavy atom. The topological polar surface area (TPSA) is 21.3 Å². The van der Waals surface area contributed by atoms with Crippen molar-refractivity contribution in [1.82, 2.24) is 5.48 Å². The molecule has 0 aromatic carbocycles. The summed E-state index contributed by atoms with van der Waals surface area (Å²) < 4.78 is 1.01. The van der Waals surface area contributed by atoms with Crippen LogP contribution in [0.3, 0.4) is 0 Å². The molecular formula is C15H37ClN2O. The van der Waals surface area contributed by atoms with E-state index < -0.39 is 0 Å². The fourth-order valence-corrected chi connectivity index (χ4v) is 1.20. The highest BCUT2D eigenvalue weighted by atomic mass is 35.5. The van der Waals surface area contributed by atoms with Crippen molar-refractivity contribution >= 4 is 0 Å². The van der Waals surface area contributed by atoms with Gasteiger partial charge in [-0.25, -0.2) is 5.48 Å². The van der Waals surface area contributed by atoms with Crippen LogP contribution in [0.4, 0.5) is 0 Å². The van der Waals surface area contributed by atoms with Gasteiger partial charge in [-0.05, 0) is 12.3 Å². The van der Waals surface area contributed by atoms with Crippen molar-refractivity contribution in [3.63, 3.8) is 0 Å². The second-order valence-electron chi connectivity index (χ2n) is 6.55. The van der Waals surface area contributed by atoms with Gasteiger partial charge in [0.15, 0.2) is 0 Å². The average molecular weight is 297 g/mol. The Morgan fingerprint density at radius 3 is 1.95 bits per heavy atom. The fraction of sp³-hybridized carbons (Fsp3) is 1.00. The van der Waals surface area contributed by atoms with Gasteiger partial charge in [-0.2, -0.15) is 0 Å². The van der Waals surface area contributed by atoms with Gasteiger partial charge in [0.1, 0.15) is 0 Å². The second kappa shape index (κ2) is 16.2. The molecule has 0 aromatic heterocycles. The molecule has 0 rings (SSSR count). The van der Waals surface area contributed by atoms with Gasteiger partial charge in [0.25, 0.3) is 0 Å². The van der Waals surface area contributed by atoms with E-state index in [2.05, 4.69) is 54.3 Å². The number of quaternary nitrogens is 1. The molecule has 0 radical (unpaired) electrons. The zero-order valence-corrected chi connectivity index (χ0v) is 15.0. The van der Waals surface area contributed by atoms with E-state index in [1.807, 2.05) is 0 Å². The molecule has 0 aliphatic carbocycles. The molecule has 0 bridgehead atoms. The number of hydrogen-bond donors (Lipinski definition) is 1. The van der Waals surface area contributed by atoms with Crippen LogP contribution in [0, 0.1) is 5.92 Å². The SMILES string of the molecule is CC(C)C.CCCCCNOCCC[N+](C)(C)C.[Cl-]. The summed E-state index contributed by atoms with van der Waals surface area (Å²) in [6, 6.07) is 0. The third-order valence-electron chi connectivity index (χ3n) is 2.06. The third kappa shape index (κ3) is 38.1. The van der Waals surface area contributed by atoms with Crippen LogP contribution in [-0.2, 0) is 4.84 Å². The van der Waals surface area contributed by atoms with Crippen LogP contribution in [0.1, 0.15) is 53.4 Å². The molecule has 0 atom stereocenters. The lowest BCUT2D eigenvalue weighted by molar-refractivity contribution is -0.870. The maximum absolute atomic E-state index is 5.32. The van der Waals surface area contributed by atoms with Crippen LogP contribution in [0.5, 0.6) is 0 Å². The molecule has 120 valence electrons. The maximum atomic E-state index is 5.32. The predicted octanol–water partition coefficient (Wildman–Crippen LogP) is 0.460. The number of hydroxylamine groups is 1. The Hall–Kier alpha value is 0.170. The van der Waals surface area contributed by atoms with E-state index in [1.54, 1.807) is 0 Å². The summed E-state index contributed by atoms with van der Waals surface area (Å²) >= 11 is 0. The zero-order valence-electron chi connectivity index (χ0n) is 14.3. The number of rotatable bonds is 9. The van der Waals surface area contributed by atoms with Crippen molar-refractivity contribution in [3.05, 3.63) is 0 Å². The van der Waals surface area contributed by atoms with Crippen molar-refractivity contribution in [1.29, 1.82) is 0 Å². The molecule has 0 unspecified atom stereocenters. The minimum absolute atomic E-state index is 0. The highest BCUT2D eigenvalue weighted by Gasteiger charge is 2.04.